The minimum Gasteiger partial charge on any atom is -0.384 e. The molecule has 96 valence electrons. The standard InChI is InChI=1S/C14H25N3/c1-4-12(5-2)10-17(6-3)11-13-8-7-9-14(15)16-13/h7-9,12H,4-6,10-11H2,1-3H3,(H2,15,16). The molecular weight excluding hydrogens is 210 g/mol. The number of aromatic nitrogens is 1. The number of hydrogen-bond acceptors (Lipinski definition) is 3. The van der Waals surface area contributed by atoms with Gasteiger partial charge in [-0.15, -0.1) is 0 Å². The summed E-state index contributed by atoms with van der Waals surface area (Å²) in [5, 5.41) is 0. The highest BCUT2D eigenvalue weighted by molar-refractivity contribution is 5.28. The van der Waals surface area contributed by atoms with Gasteiger partial charge in [0.05, 0.1) is 5.69 Å². The Labute approximate surface area is 105 Å². The molecule has 0 saturated heterocycles. The van der Waals surface area contributed by atoms with Crippen LogP contribution in [0.15, 0.2) is 18.2 Å². The van der Waals surface area contributed by atoms with Crippen LogP contribution >= 0.6 is 0 Å². The molecule has 0 atom stereocenters. The summed E-state index contributed by atoms with van der Waals surface area (Å²) in [5.74, 6) is 1.40. The van der Waals surface area contributed by atoms with E-state index in [1.54, 1.807) is 0 Å². The average molecular weight is 235 g/mol. The molecule has 0 spiro atoms. The van der Waals surface area contributed by atoms with E-state index in [4.69, 9.17) is 5.73 Å². The van der Waals surface area contributed by atoms with Crippen LogP contribution < -0.4 is 5.73 Å². The van der Waals surface area contributed by atoms with Crippen LogP contribution in [0, 0.1) is 5.92 Å². The second kappa shape index (κ2) is 7.28. The minimum atomic E-state index is 0.612. The van der Waals surface area contributed by atoms with Crippen molar-refractivity contribution >= 4 is 5.82 Å². The molecule has 3 heteroatoms. The van der Waals surface area contributed by atoms with Crippen molar-refractivity contribution in [2.45, 2.75) is 40.2 Å². The lowest BCUT2D eigenvalue weighted by Gasteiger charge is -2.24. The largest absolute Gasteiger partial charge is 0.384 e. The first-order valence-electron chi connectivity index (χ1n) is 6.63. The predicted octanol–water partition coefficient (Wildman–Crippen LogP) is 2.92. The van der Waals surface area contributed by atoms with Gasteiger partial charge < -0.3 is 5.73 Å². The van der Waals surface area contributed by atoms with Gasteiger partial charge in [-0.25, -0.2) is 4.98 Å². The molecule has 3 nitrogen and oxygen atoms in total. The first-order valence-corrected chi connectivity index (χ1v) is 6.63. The van der Waals surface area contributed by atoms with E-state index in [-0.39, 0.29) is 0 Å². The molecule has 0 radical (unpaired) electrons. The summed E-state index contributed by atoms with van der Waals surface area (Å²) in [6, 6.07) is 5.86. The van der Waals surface area contributed by atoms with Crippen molar-refractivity contribution in [3.05, 3.63) is 23.9 Å². The van der Waals surface area contributed by atoms with Gasteiger partial charge in [-0.05, 0) is 24.6 Å². The monoisotopic (exact) mass is 235 g/mol. The lowest BCUT2D eigenvalue weighted by Crippen LogP contribution is -2.29. The third-order valence-corrected chi connectivity index (χ3v) is 3.33. The van der Waals surface area contributed by atoms with Crippen LogP contribution in [0.2, 0.25) is 0 Å². The quantitative estimate of drug-likeness (QED) is 0.790. The van der Waals surface area contributed by atoms with E-state index in [2.05, 4.69) is 30.7 Å². The molecule has 1 rings (SSSR count). The third-order valence-electron chi connectivity index (χ3n) is 3.33. The summed E-state index contributed by atoms with van der Waals surface area (Å²) < 4.78 is 0. The molecule has 0 aromatic carbocycles. The smallest absolute Gasteiger partial charge is 0.123 e. The molecule has 0 unspecified atom stereocenters. The van der Waals surface area contributed by atoms with Gasteiger partial charge in [-0.2, -0.15) is 0 Å². The molecule has 1 heterocycles. The third kappa shape index (κ3) is 4.73. The lowest BCUT2D eigenvalue weighted by atomic mass is 10.0. The van der Waals surface area contributed by atoms with Crippen molar-refractivity contribution in [1.82, 2.24) is 9.88 Å². The van der Waals surface area contributed by atoms with Gasteiger partial charge in [0.1, 0.15) is 5.82 Å². The zero-order valence-electron chi connectivity index (χ0n) is 11.3. The second-order valence-electron chi connectivity index (χ2n) is 4.56. The zero-order valence-corrected chi connectivity index (χ0v) is 11.3. The molecule has 2 N–H and O–H groups in total. The van der Waals surface area contributed by atoms with Gasteiger partial charge in [0.25, 0.3) is 0 Å². The second-order valence-corrected chi connectivity index (χ2v) is 4.56. The average Bonchev–Trinajstić information content (AvgIpc) is 2.34. The van der Waals surface area contributed by atoms with Crippen LogP contribution in [-0.2, 0) is 6.54 Å². The van der Waals surface area contributed by atoms with Crippen molar-refractivity contribution in [2.75, 3.05) is 18.8 Å². The highest BCUT2D eigenvalue weighted by Crippen LogP contribution is 2.12. The molecule has 0 aliphatic heterocycles. The first-order chi connectivity index (χ1) is 8.19. The van der Waals surface area contributed by atoms with Gasteiger partial charge in [0, 0.05) is 13.1 Å². The van der Waals surface area contributed by atoms with Crippen molar-refractivity contribution < 1.29 is 0 Å². The molecule has 1 aromatic heterocycles. The van der Waals surface area contributed by atoms with Crippen LogP contribution in [0.25, 0.3) is 0 Å². The Bertz CT molecular complexity index is 321. The number of hydrogen-bond donors (Lipinski definition) is 1. The van der Waals surface area contributed by atoms with E-state index in [1.165, 1.54) is 12.8 Å². The van der Waals surface area contributed by atoms with Crippen molar-refractivity contribution in [3.63, 3.8) is 0 Å². The fourth-order valence-electron chi connectivity index (χ4n) is 2.03. The van der Waals surface area contributed by atoms with Crippen molar-refractivity contribution in [1.29, 1.82) is 0 Å². The SMILES string of the molecule is CCC(CC)CN(CC)Cc1cccc(N)n1. The molecule has 0 saturated carbocycles. The van der Waals surface area contributed by atoms with Crippen LogP contribution in [0.5, 0.6) is 0 Å². The van der Waals surface area contributed by atoms with E-state index in [0.717, 1.165) is 31.2 Å². The molecule has 0 amide bonds. The Balaban J connectivity index is 2.57. The summed E-state index contributed by atoms with van der Waals surface area (Å²) in [4.78, 5) is 6.80. The maximum absolute atomic E-state index is 5.70. The van der Waals surface area contributed by atoms with Crippen LogP contribution in [0.4, 0.5) is 5.82 Å². The Kier molecular flexibility index (Phi) is 5.98. The predicted molar refractivity (Wildman–Crippen MR) is 73.7 cm³/mol. The van der Waals surface area contributed by atoms with Gasteiger partial charge in [-0.1, -0.05) is 39.7 Å². The minimum absolute atomic E-state index is 0.612. The van der Waals surface area contributed by atoms with Crippen LogP contribution in [0.3, 0.4) is 0 Å². The Morgan fingerprint density at radius 1 is 1.24 bits per heavy atom. The molecule has 0 bridgehead atoms. The van der Waals surface area contributed by atoms with E-state index in [9.17, 15) is 0 Å². The Hall–Kier alpha value is -1.09. The number of rotatable bonds is 7. The highest BCUT2D eigenvalue weighted by Gasteiger charge is 2.10. The Morgan fingerprint density at radius 3 is 2.47 bits per heavy atom. The summed E-state index contributed by atoms with van der Waals surface area (Å²) in [5.41, 5.74) is 6.77. The Morgan fingerprint density at radius 2 is 1.94 bits per heavy atom. The van der Waals surface area contributed by atoms with Gasteiger partial charge >= 0.3 is 0 Å². The van der Waals surface area contributed by atoms with Crippen molar-refractivity contribution in [2.24, 2.45) is 5.92 Å². The molecule has 1 aromatic rings. The number of anilines is 1. The molecule has 0 aliphatic carbocycles. The van der Waals surface area contributed by atoms with E-state index < -0.39 is 0 Å². The normalized spacial score (nSPS) is 11.4. The number of nitrogens with zero attached hydrogens (tertiary/aromatic N) is 2. The summed E-state index contributed by atoms with van der Waals surface area (Å²) in [6.45, 7) is 9.85. The maximum Gasteiger partial charge on any atom is 0.123 e. The van der Waals surface area contributed by atoms with Gasteiger partial charge in [-0.3, -0.25) is 4.90 Å². The number of nitrogens with two attached hydrogens (primary N) is 1. The van der Waals surface area contributed by atoms with E-state index in [1.807, 2.05) is 18.2 Å². The fraction of sp³-hybridized carbons (Fsp3) is 0.643. The van der Waals surface area contributed by atoms with Crippen LogP contribution in [0.1, 0.15) is 39.3 Å². The number of nitrogen functional groups attached to an aromatic ring is 1. The fourth-order valence-corrected chi connectivity index (χ4v) is 2.03. The summed E-state index contributed by atoms with van der Waals surface area (Å²) in [6.07, 6.45) is 2.49. The molecule has 17 heavy (non-hydrogen) atoms. The van der Waals surface area contributed by atoms with E-state index in [0.29, 0.717) is 5.82 Å². The highest BCUT2D eigenvalue weighted by atomic mass is 15.1. The van der Waals surface area contributed by atoms with Gasteiger partial charge in [0.15, 0.2) is 0 Å². The van der Waals surface area contributed by atoms with Crippen molar-refractivity contribution in [3.8, 4) is 0 Å². The summed E-state index contributed by atoms with van der Waals surface area (Å²) in [7, 11) is 0. The topological polar surface area (TPSA) is 42.1 Å². The molecule has 0 fully saturated rings. The number of pyridine rings is 1. The van der Waals surface area contributed by atoms with E-state index >= 15 is 0 Å². The first kappa shape index (κ1) is 14.0. The lowest BCUT2D eigenvalue weighted by molar-refractivity contribution is 0.224. The molecule has 0 aliphatic rings. The molecular formula is C14H25N3. The van der Waals surface area contributed by atoms with Gasteiger partial charge in [0.2, 0.25) is 0 Å². The maximum atomic E-state index is 5.70. The summed E-state index contributed by atoms with van der Waals surface area (Å²) >= 11 is 0. The van der Waals surface area contributed by atoms with Crippen LogP contribution in [-0.4, -0.2) is 23.0 Å². The zero-order chi connectivity index (χ0) is 12.7.